The molecule has 0 atom stereocenters. The summed E-state index contributed by atoms with van der Waals surface area (Å²) in [6.45, 7) is 7.10. The predicted molar refractivity (Wildman–Crippen MR) is 52.6 cm³/mol. The van der Waals surface area contributed by atoms with Gasteiger partial charge in [0.1, 0.15) is 0 Å². The van der Waals surface area contributed by atoms with E-state index < -0.39 is 9.84 Å². The van der Waals surface area contributed by atoms with E-state index in [4.69, 9.17) is 0 Å². The summed E-state index contributed by atoms with van der Waals surface area (Å²) in [5, 5.41) is 0. The minimum atomic E-state index is -3.13. The zero-order valence-corrected chi connectivity index (χ0v) is 8.48. The van der Waals surface area contributed by atoms with Gasteiger partial charge in [-0.05, 0) is 25.5 Å². The van der Waals surface area contributed by atoms with Crippen LogP contribution < -0.4 is 0 Å². The van der Waals surface area contributed by atoms with Crippen LogP contribution in [0, 0.1) is 0 Å². The third kappa shape index (κ3) is 3.53. The predicted octanol–water partition coefficient (Wildman–Crippen LogP) is 2.07. The fourth-order valence-corrected chi connectivity index (χ4v) is 1.72. The maximum atomic E-state index is 11.1. The van der Waals surface area contributed by atoms with Crippen LogP contribution in [0.2, 0.25) is 0 Å². The van der Waals surface area contributed by atoms with Crippen LogP contribution in [0.25, 0.3) is 0 Å². The number of allylic oxidation sites excluding steroid dienone is 4. The lowest BCUT2D eigenvalue weighted by Crippen LogP contribution is -2.01. The van der Waals surface area contributed by atoms with E-state index >= 15 is 0 Å². The minimum Gasteiger partial charge on any atom is -0.224 e. The highest BCUT2D eigenvalue weighted by Crippen LogP contribution is 2.13. The van der Waals surface area contributed by atoms with Crippen LogP contribution in [-0.4, -0.2) is 14.7 Å². The van der Waals surface area contributed by atoms with Crippen LogP contribution in [0.4, 0.5) is 0 Å². The molecule has 0 amide bonds. The summed E-state index contributed by atoms with van der Waals surface area (Å²) in [7, 11) is -3.13. The second kappa shape index (κ2) is 4.26. The first-order valence-electron chi connectivity index (χ1n) is 3.58. The third-order valence-corrected chi connectivity index (χ3v) is 2.54. The van der Waals surface area contributed by atoms with Crippen LogP contribution in [0.1, 0.15) is 13.8 Å². The highest BCUT2D eigenvalue weighted by atomic mass is 32.2. The molecule has 12 heavy (non-hydrogen) atoms. The number of hydrogen-bond donors (Lipinski definition) is 0. The smallest absolute Gasteiger partial charge is 0.175 e. The Balaban J connectivity index is 5.08. The van der Waals surface area contributed by atoms with Crippen molar-refractivity contribution in [3.05, 3.63) is 35.3 Å². The second-order valence-electron chi connectivity index (χ2n) is 2.61. The van der Waals surface area contributed by atoms with Crippen molar-refractivity contribution in [3.8, 4) is 0 Å². The molecule has 0 spiro atoms. The van der Waals surface area contributed by atoms with E-state index in [1.807, 2.05) is 6.92 Å². The van der Waals surface area contributed by atoms with Gasteiger partial charge in [-0.1, -0.05) is 18.7 Å². The van der Waals surface area contributed by atoms with Gasteiger partial charge in [-0.2, -0.15) is 0 Å². The maximum Gasteiger partial charge on any atom is 0.175 e. The monoisotopic (exact) mass is 186 g/mol. The van der Waals surface area contributed by atoms with Gasteiger partial charge in [-0.3, -0.25) is 0 Å². The van der Waals surface area contributed by atoms with E-state index in [9.17, 15) is 8.42 Å². The summed E-state index contributed by atoms with van der Waals surface area (Å²) < 4.78 is 22.2. The molecular weight excluding hydrogens is 172 g/mol. The summed E-state index contributed by atoms with van der Waals surface area (Å²) in [5.41, 5.74) is 0.565. The summed E-state index contributed by atoms with van der Waals surface area (Å²) >= 11 is 0. The first kappa shape index (κ1) is 11.2. The van der Waals surface area contributed by atoms with Crippen LogP contribution in [0.3, 0.4) is 0 Å². The van der Waals surface area contributed by atoms with Gasteiger partial charge in [0.05, 0.1) is 4.91 Å². The largest absolute Gasteiger partial charge is 0.224 e. The molecule has 2 nitrogen and oxygen atoms in total. The van der Waals surface area contributed by atoms with Crippen molar-refractivity contribution in [2.75, 3.05) is 6.26 Å². The molecule has 0 aliphatic rings. The fraction of sp³-hybridized carbons (Fsp3) is 0.333. The SMILES string of the molecule is C=C(C)/C(=C\C=C/C)S(C)(=O)=O. The summed E-state index contributed by atoms with van der Waals surface area (Å²) in [6, 6.07) is 0. The van der Waals surface area contributed by atoms with E-state index in [1.165, 1.54) is 6.26 Å². The van der Waals surface area contributed by atoms with Crippen molar-refractivity contribution >= 4 is 9.84 Å². The zero-order valence-electron chi connectivity index (χ0n) is 7.66. The molecule has 0 aliphatic heterocycles. The Labute approximate surface area is 74.2 Å². The highest BCUT2D eigenvalue weighted by Gasteiger charge is 2.09. The van der Waals surface area contributed by atoms with E-state index in [-0.39, 0.29) is 0 Å². The van der Waals surface area contributed by atoms with Gasteiger partial charge in [-0.15, -0.1) is 0 Å². The van der Waals surface area contributed by atoms with Crippen molar-refractivity contribution in [1.82, 2.24) is 0 Å². The molecule has 0 aliphatic carbocycles. The average Bonchev–Trinajstić information content (AvgIpc) is 1.84. The molecule has 0 saturated carbocycles. The van der Waals surface area contributed by atoms with Gasteiger partial charge >= 0.3 is 0 Å². The van der Waals surface area contributed by atoms with E-state index in [0.29, 0.717) is 10.5 Å². The zero-order chi connectivity index (χ0) is 9.78. The molecule has 3 heteroatoms. The molecule has 0 saturated heterocycles. The van der Waals surface area contributed by atoms with Gasteiger partial charge in [0, 0.05) is 6.26 Å². The molecule has 0 radical (unpaired) electrons. The Kier molecular flexibility index (Phi) is 3.96. The van der Waals surface area contributed by atoms with Gasteiger partial charge < -0.3 is 0 Å². The highest BCUT2D eigenvalue weighted by molar-refractivity contribution is 7.94. The molecule has 0 fully saturated rings. The van der Waals surface area contributed by atoms with Gasteiger partial charge in [0.15, 0.2) is 9.84 Å². The van der Waals surface area contributed by atoms with Crippen LogP contribution in [-0.2, 0) is 9.84 Å². The normalized spacial score (nSPS) is 13.8. The van der Waals surface area contributed by atoms with Gasteiger partial charge in [0.2, 0.25) is 0 Å². The Morgan fingerprint density at radius 3 is 2.17 bits per heavy atom. The standard InChI is InChI=1S/C9H14O2S/c1-5-6-7-9(8(2)3)12(4,10)11/h5-7H,2H2,1,3-4H3/b6-5-,9-7+. The van der Waals surface area contributed by atoms with E-state index in [2.05, 4.69) is 6.58 Å². The van der Waals surface area contributed by atoms with Crippen LogP contribution in [0.15, 0.2) is 35.3 Å². The lowest BCUT2D eigenvalue weighted by molar-refractivity contribution is 0.608. The van der Waals surface area contributed by atoms with Crippen LogP contribution >= 0.6 is 0 Å². The lowest BCUT2D eigenvalue weighted by atomic mass is 10.3. The van der Waals surface area contributed by atoms with Crippen molar-refractivity contribution in [2.45, 2.75) is 13.8 Å². The van der Waals surface area contributed by atoms with Crippen molar-refractivity contribution in [2.24, 2.45) is 0 Å². The molecule has 0 aromatic rings. The Bertz CT molecular complexity index is 318. The summed E-state index contributed by atoms with van der Waals surface area (Å²) in [4.78, 5) is 0.292. The number of rotatable bonds is 3. The topological polar surface area (TPSA) is 34.1 Å². The molecule has 0 aromatic carbocycles. The molecule has 0 N–H and O–H groups in total. The quantitative estimate of drug-likeness (QED) is 0.632. The molecular formula is C9H14O2S. The van der Waals surface area contributed by atoms with Crippen molar-refractivity contribution < 1.29 is 8.42 Å². The molecule has 68 valence electrons. The Morgan fingerprint density at radius 2 is 1.92 bits per heavy atom. The van der Waals surface area contributed by atoms with Crippen molar-refractivity contribution in [1.29, 1.82) is 0 Å². The average molecular weight is 186 g/mol. The summed E-state index contributed by atoms with van der Waals surface area (Å²) in [6.07, 6.45) is 6.19. The second-order valence-corrected chi connectivity index (χ2v) is 4.59. The maximum absolute atomic E-state index is 11.1. The van der Waals surface area contributed by atoms with Crippen LogP contribution in [0.5, 0.6) is 0 Å². The first-order valence-corrected chi connectivity index (χ1v) is 5.47. The molecule has 0 aromatic heterocycles. The van der Waals surface area contributed by atoms with E-state index in [0.717, 1.165) is 0 Å². The molecule has 0 heterocycles. The lowest BCUT2D eigenvalue weighted by Gasteiger charge is -2.01. The Hall–Kier alpha value is -0.830. The number of hydrogen-bond acceptors (Lipinski definition) is 2. The summed E-state index contributed by atoms with van der Waals surface area (Å²) in [5.74, 6) is 0. The van der Waals surface area contributed by atoms with E-state index in [1.54, 1.807) is 25.2 Å². The minimum absolute atomic E-state index is 0.292. The van der Waals surface area contributed by atoms with Gasteiger partial charge in [-0.25, -0.2) is 8.42 Å². The first-order chi connectivity index (χ1) is 5.39. The van der Waals surface area contributed by atoms with Crippen molar-refractivity contribution in [3.63, 3.8) is 0 Å². The number of sulfone groups is 1. The fourth-order valence-electron chi connectivity index (χ4n) is 0.766. The molecule has 0 bridgehead atoms. The third-order valence-electron chi connectivity index (χ3n) is 1.26. The Morgan fingerprint density at radius 1 is 1.42 bits per heavy atom. The van der Waals surface area contributed by atoms with Gasteiger partial charge in [0.25, 0.3) is 0 Å². The molecule has 0 unspecified atom stereocenters. The molecule has 0 rings (SSSR count).